The van der Waals surface area contributed by atoms with Crippen LogP contribution in [0, 0.1) is 0 Å². The number of aliphatic hydroxyl groups is 1. The average molecular weight is 253 g/mol. The summed E-state index contributed by atoms with van der Waals surface area (Å²) in [5.41, 5.74) is 0. The second-order valence-electron chi connectivity index (χ2n) is 4.04. The fraction of sp³-hybridized carbons (Fsp3) is 0.545. The maximum atomic E-state index is 11.1. The molecule has 0 spiro atoms. The van der Waals surface area contributed by atoms with Crippen molar-refractivity contribution in [3.63, 3.8) is 0 Å². The molecule has 2 N–H and O–H groups in total. The second kappa shape index (κ2) is 5.18. The molecule has 0 aliphatic carbocycles. The van der Waals surface area contributed by atoms with Crippen LogP contribution in [-0.2, 0) is 4.79 Å². The third-order valence-electron chi connectivity index (χ3n) is 2.75. The molecule has 98 valence electrons. The van der Waals surface area contributed by atoms with E-state index in [0.29, 0.717) is 18.3 Å². The van der Waals surface area contributed by atoms with Crippen LogP contribution in [0.2, 0.25) is 0 Å². The van der Waals surface area contributed by atoms with Gasteiger partial charge in [-0.15, -0.1) is 0 Å². The highest BCUT2D eigenvalue weighted by Crippen LogP contribution is 2.25. The van der Waals surface area contributed by atoms with E-state index >= 15 is 0 Å². The number of rotatable bonds is 4. The standard InChI is InChI=1S/C11H15N3O4/c1-2-18-10-5-12-4-9(13-10)14-6-7(15)3-8(14)11(16)17/h4-5,7-8,15H,2-3,6H2,1H3,(H,16,17). The number of hydrogen-bond donors (Lipinski definition) is 2. The van der Waals surface area contributed by atoms with Gasteiger partial charge in [-0.1, -0.05) is 0 Å². The Balaban J connectivity index is 2.24. The zero-order valence-electron chi connectivity index (χ0n) is 9.98. The number of carbonyl (C=O) groups is 1. The zero-order chi connectivity index (χ0) is 13.1. The van der Waals surface area contributed by atoms with Gasteiger partial charge < -0.3 is 19.8 Å². The number of aliphatic hydroxyl groups excluding tert-OH is 1. The maximum absolute atomic E-state index is 11.1. The molecule has 0 amide bonds. The van der Waals surface area contributed by atoms with Gasteiger partial charge in [0.05, 0.1) is 25.1 Å². The number of ether oxygens (including phenoxy) is 1. The molecule has 0 saturated carbocycles. The molecular weight excluding hydrogens is 238 g/mol. The second-order valence-corrected chi connectivity index (χ2v) is 4.04. The van der Waals surface area contributed by atoms with Gasteiger partial charge in [-0.25, -0.2) is 4.79 Å². The van der Waals surface area contributed by atoms with Crippen LogP contribution in [-0.4, -0.2) is 51.4 Å². The Morgan fingerprint density at radius 2 is 2.39 bits per heavy atom. The molecule has 2 heterocycles. The lowest BCUT2D eigenvalue weighted by Crippen LogP contribution is -2.36. The largest absolute Gasteiger partial charge is 0.480 e. The summed E-state index contributed by atoms with van der Waals surface area (Å²) in [5.74, 6) is -0.222. The van der Waals surface area contributed by atoms with Gasteiger partial charge in [-0.05, 0) is 6.92 Å². The molecule has 1 aliphatic rings. The zero-order valence-corrected chi connectivity index (χ0v) is 9.98. The Kier molecular flexibility index (Phi) is 3.61. The van der Waals surface area contributed by atoms with Crippen LogP contribution in [0.15, 0.2) is 12.4 Å². The van der Waals surface area contributed by atoms with Crippen molar-refractivity contribution in [1.29, 1.82) is 0 Å². The Labute approximate surface area is 104 Å². The smallest absolute Gasteiger partial charge is 0.326 e. The molecule has 2 unspecified atom stereocenters. The van der Waals surface area contributed by atoms with E-state index in [1.165, 1.54) is 17.3 Å². The minimum Gasteiger partial charge on any atom is -0.480 e. The predicted molar refractivity (Wildman–Crippen MR) is 62.6 cm³/mol. The molecule has 1 fully saturated rings. The lowest BCUT2D eigenvalue weighted by molar-refractivity contribution is -0.138. The van der Waals surface area contributed by atoms with Crippen LogP contribution in [0.25, 0.3) is 0 Å². The van der Waals surface area contributed by atoms with E-state index in [-0.39, 0.29) is 13.0 Å². The predicted octanol–water partition coefficient (Wildman–Crippen LogP) is -0.101. The summed E-state index contributed by atoms with van der Waals surface area (Å²) < 4.78 is 5.22. The Bertz CT molecular complexity index is 440. The third kappa shape index (κ3) is 2.51. The SMILES string of the molecule is CCOc1cncc(N2CC(O)CC2C(=O)O)n1. The first kappa shape index (κ1) is 12.6. The van der Waals surface area contributed by atoms with Gasteiger partial charge >= 0.3 is 5.97 Å². The Morgan fingerprint density at radius 1 is 1.61 bits per heavy atom. The molecule has 1 aromatic heterocycles. The summed E-state index contributed by atoms with van der Waals surface area (Å²) in [6, 6.07) is -0.772. The van der Waals surface area contributed by atoms with Gasteiger partial charge in [0, 0.05) is 13.0 Å². The highest BCUT2D eigenvalue weighted by atomic mass is 16.5. The monoisotopic (exact) mass is 253 g/mol. The number of aromatic nitrogens is 2. The van der Waals surface area contributed by atoms with Gasteiger partial charge in [0.25, 0.3) is 0 Å². The molecule has 1 saturated heterocycles. The molecule has 7 nitrogen and oxygen atoms in total. The van der Waals surface area contributed by atoms with Crippen LogP contribution in [0.4, 0.5) is 5.82 Å². The van der Waals surface area contributed by atoms with Crippen LogP contribution >= 0.6 is 0 Å². The first-order valence-electron chi connectivity index (χ1n) is 5.74. The van der Waals surface area contributed by atoms with Crippen molar-refractivity contribution in [3.05, 3.63) is 12.4 Å². The number of anilines is 1. The van der Waals surface area contributed by atoms with E-state index in [1.54, 1.807) is 0 Å². The van der Waals surface area contributed by atoms with Crippen LogP contribution in [0.3, 0.4) is 0 Å². The summed E-state index contributed by atoms with van der Waals surface area (Å²) in [6.07, 6.45) is 2.46. The van der Waals surface area contributed by atoms with Crippen LogP contribution < -0.4 is 9.64 Å². The van der Waals surface area contributed by atoms with Gasteiger partial charge in [0.15, 0.2) is 5.82 Å². The van der Waals surface area contributed by atoms with Crippen molar-refractivity contribution in [2.45, 2.75) is 25.5 Å². The fourth-order valence-corrected chi connectivity index (χ4v) is 2.00. The van der Waals surface area contributed by atoms with Crippen LogP contribution in [0.5, 0.6) is 5.88 Å². The van der Waals surface area contributed by atoms with Crippen molar-refractivity contribution in [2.75, 3.05) is 18.1 Å². The number of β-amino-alcohol motifs (C(OH)–C–C–N with tert-alkyl or cyclic N) is 1. The van der Waals surface area contributed by atoms with Crippen molar-refractivity contribution in [1.82, 2.24) is 9.97 Å². The molecule has 1 aliphatic heterocycles. The molecule has 0 bridgehead atoms. The summed E-state index contributed by atoms with van der Waals surface area (Å²) in [4.78, 5) is 20.8. The number of nitrogens with zero attached hydrogens (tertiary/aromatic N) is 3. The highest BCUT2D eigenvalue weighted by molar-refractivity contribution is 5.78. The lowest BCUT2D eigenvalue weighted by atomic mass is 10.2. The van der Waals surface area contributed by atoms with E-state index in [9.17, 15) is 9.90 Å². The first-order chi connectivity index (χ1) is 8.61. The van der Waals surface area contributed by atoms with Gasteiger partial charge in [0.2, 0.25) is 5.88 Å². The average Bonchev–Trinajstić information content (AvgIpc) is 2.72. The molecule has 7 heteroatoms. The molecule has 2 atom stereocenters. The lowest BCUT2D eigenvalue weighted by Gasteiger charge is -2.21. The number of carboxylic acids is 1. The summed E-state index contributed by atoms with van der Waals surface area (Å²) in [5, 5.41) is 18.7. The summed E-state index contributed by atoms with van der Waals surface area (Å²) >= 11 is 0. The van der Waals surface area contributed by atoms with E-state index in [2.05, 4.69) is 9.97 Å². The number of carboxylic acid groups (broad SMARTS) is 1. The van der Waals surface area contributed by atoms with Gasteiger partial charge in [-0.2, -0.15) is 4.98 Å². The molecule has 18 heavy (non-hydrogen) atoms. The highest BCUT2D eigenvalue weighted by Gasteiger charge is 2.37. The van der Waals surface area contributed by atoms with Gasteiger partial charge in [-0.3, -0.25) is 4.98 Å². The normalized spacial score (nSPS) is 23.1. The number of hydrogen-bond acceptors (Lipinski definition) is 6. The van der Waals surface area contributed by atoms with E-state index in [0.717, 1.165) is 0 Å². The molecule has 0 radical (unpaired) electrons. The van der Waals surface area contributed by atoms with Crippen molar-refractivity contribution in [3.8, 4) is 5.88 Å². The Morgan fingerprint density at radius 3 is 3.06 bits per heavy atom. The molecule has 1 aromatic rings. The van der Waals surface area contributed by atoms with Crippen molar-refractivity contribution >= 4 is 11.8 Å². The summed E-state index contributed by atoms with van der Waals surface area (Å²) in [7, 11) is 0. The topological polar surface area (TPSA) is 95.8 Å². The quantitative estimate of drug-likeness (QED) is 0.773. The maximum Gasteiger partial charge on any atom is 0.326 e. The molecular formula is C11H15N3O4. The van der Waals surface area contributed by atoms with Crippen molar-refractivity contribution in [2.24, 2.45) is 0 Å². The molecule has 0 aromatic carbocycles. The minimum atomic E-state index is -0.977. The van der Waals surface area contributed by atoms with E-state index in [1.807, 2.05) is 6.92 Å². The van der Waals surface area contributed by atoms with Crippen molar-refractivity contribution < 1.29 is 19.7 Å². The summed E-state index contributed by atoms with van der Waals surface area (Å²) in [6.45, 7) is 2.53. The Hall–Kier alpha value is -1.89. The fourth-order valence-electron chi connectivity index (χ4n) is 2.00. The first-order valence-corrected chi connectivity index (χ1v) is 5.74. The van der Waals surface area contributed by atoms with E-state index in [4.69, 9.17) is 9.84 Å². The van der Waals surface area contributed by atoms with E-state index < -0.39 is 18.1 Å². The minimum absolute atomic E-state index is 0.190. The number of aliphatic carboxylic acids is 1. The molecule has 2 rings (SSSR count). The van der Waals surface area contributed by atoms with Crippen LogP contribution in [0.1, 0.15) is 13.3 Å². The van der Waals surface area contributed by atoms with Gasteiger partial charge in [0.1, 0.15) is 6.04 Å². The third-order valence-corrected chi connectivity index (χ3v) is 2.75.